The van der Waals surface area contributed by atoms with E-state index in [0.717, 1.165) is 5.82 Å². The molecule has 0 bridgehead atoms. The number of nitrogens with zero attached hydrogens (tertiary/aromatic N) is 3. The van der Waals surface area contributed by atoms with E-state index < -0.39 is 0 Å². The highest BCUT2D eigenvalue weighted by atomic mass is 35.5. The van der Waals surface area contributed by atoms with Gasteiger partial charge in [0.05, 0.1) is 0 Å². The topological polar surface area (TPSA) is 54.5 Å². The second-order valence-electron chi connectivity index (χ2n) is 1.29. The summed E-state index contributed by atoms with van der Waals surface area (Å²) in [4.78, 5) is 0. The Labute approximate surface area is 51.2 Å². The molecule has 0 aliphatic carbocycles. The number of H-pyrrole nitrogens is 1. The van der Waals surface area contributed by atoms with E-state index >= 15 is 0 Å². The summed E-state index contributed by atoms with van der Waals surface area (Å²) in [5.41, 5.74) is 0. The number of alkyl halides is 1. The Bertz CT molecular complexity index is 137. The fourth-order valence-electron chi connectivity index (χ4n) is 0.374. The average Bonchev–Trinajstić information content (AvgIpc) is 2.19. The van der Waals surface area contributed by atoms with Gasteiger partial charge in [-0.3, -0.25) is 0 Å². The number of aromatic amines is 1. The zero-order valence-corrected chi connectivity index (χ0v) is 4.89. The van der Waals surface area contributed by atoms with Gasteiger partial charge in [0.15, 0.2) is 0 Å². The molecule has 0 atom stereocenters. The molecule has 0 spiro atoms. The fourth-order valence-corrected chi connectivity index (χ4v) is 0.553. The van der Waals surface area contributed by atoms with E-state index in [4.69, 9.17) is 11.6 Å². The third kappa shape index (κ3) is 1.16. The highest BCUT2D eigenvalue weighted by Gasteiger charge is 1.91. The fraction of sp³-hybridized carbons (Fsp3) is 0.667. The van der Waals surface area contributed by atoms with E-state index in [1.165, 1.54) is 0 Å². The van der Waals surface area contributed by atoms with E-state index in [1.54, 1.807) is 0 Å². The first-order valence-electron chi connectivity index (χ1n) is 2.22. The first-order chi connectivity index (χ1) is 3.93. The molecule has 0 saturated heterocycles. The van der Waals surface area contributed by atoms with Crippen molar-refractivity contribution in [3.05, 3.63) is 5.82 Å². The molecule has 44 valence electrons. The highest BCUT2D eigenvalue weighted by Crippen LogP contribution is 1.86. The predicted molar refractivity (Wildman–Crippen MR) is 28.6 cm³/mol. The molecule has 8 heavy (non-hydrogen) atoms. The molecule has 0 unspecified atom stereocenters. The second kappa shape index (κ2) is 2.61. The van der Waals surface area contributed by atoms with Crippen molar-refractivity contribution in [3.63, 3.8) is 0 Å². The average molecular weight is 133 g/mol. The number of nitrogens with one attached hydrogen (secondary N) is 1. The van der Waals surface area contributed by atoms with E-state index in [1.807, 2.05) is 0 Å². The summed E-state index contributed by atoms with van der Waals surface area (Å²) < 4.78 is 0. The Balaban J connectivity index is 2.50. The van der Waals surface area contributed by atoms with Gasteiger partial charge in [0.1, 0.15) is 5.82 Å². The van der Waals surface area contributed by atoms with Crippen LogP contribution in [-0.4, -0.2) is 26.5 Å². The van der Waals surface area contributed by atoms with Crippen LogP contribution in [0.25, 0.3) is 0 Å². The normalized spacial score (nSPS) is 9.62. The summed E-state index contributed by atoms with van der Waals surface area (Å²) >= 11 is 5.38. The van der Waals surface area contributed by atoms with Crippen molar-refractivity contribution in [3.8, 4) is 0 Å². The quantitative estimate of drug-likeness (QED) is 0.576. The number of hydrogen-bond acceptors (Lipinski definition) is 3. The highest BCUT2D eigenvalue weighted by molar-refractivity contribution is 6.17. The molecule has 1 N–H and O–H groups in total. The van der Waals surface area contributed by atoms with Crippen LogP contribution in [0.4, 0.5) is 0 Å². The first kappa shape index (κ1) is 5.50. The van der Waals surface area contributed by atoms with Crippen LogP contribution in [-0.2, 0) is 6.42 Å². The Morgan fingerprint density at radius 2 is 2.50 bits per heavy atom. The van der Waals surface area contributed by atoms with Crippen molar-refractivity contribution in [1.82, 2.24) is 20.6 Å². The van der Waals surface area contributed by atoms with Crippen molar-refractivity contribution < 1.29 is 0 Å². The minimum atomic E-state index is 0.552. The number of aryl methyl sites for hydroxylation is 1. The van der Waals surface area contributed by atoms with Gasteiger partial charge in [0.2, 0.25) is 0 Å². The number of tetrazole rings is 1. The minimum Gasteiger partial charge on any atom is -0.243 e. The van der Waals surface area contributed by atoms with Crippen LogP contribution >= 0.6 is 11.6 Å². The van der Waals surface area contributed by atoms with Gasteiger partial charge in [-0.15, -0.1) is 16.7 Å². The number of aromatic nitrogens is 4. The van der Waals surface area contributed by atoms with Crippen LogP contribution in [0, 0.1) is 0 Å². The van der Waals surface area contributed by atoms with E-state index in [9.17, 15) is 0 Å². The van der Waals surface area contributed by atoms with E-state index in [0.29, 0.717) is 12.3 Å². The summed E-state index contributed by atoms with van der Waals surface area (Å²) in [6.07, 6.45) is 0.703. The Morgan fingerprint density at radius 3 is 3.00 bits per heavy atom. The summed E-state index contributed by atoms with van der Waals surface area (Å²) in [5.74, 6) is 1.29. The van der Waals surface area contributed by atoms with Crippen LogP contribution in [0.1, 0.15) is 5.82 Å². The Morgan fingerprint density at radius 1 is 1.62 bits per heavy atom. The van der Waals surface area contributed by atoms with Crippen LogP contribution in [0.2, 0.25) is 0 Å². The molecule has 1 heterocycles. The summed E-state index contributed by atoms with van der Waals surface area (Å²) in [7, 11) is 0. The van der Waals surface area contributed by atoms with Gasteiger partial charge >= 0.3 is 0 Å². The Kier molecular flexibility index (Phi) is 1.80. The zero-order valence-electron chi connectivity index (χ0n) is 4.13. The first-order valence-corrected chi connectivity index (χ1v) is 2.75. The molecule has 1 rings (SSSR count). The van der Waals surface area contributed by atoms with Crippen molar-refractivity contribution in [2.24, 2.45) is 0 Å². The Hall–Kier alpha value is -0.640. The SMILES string of the molecule is ClCCc1nnn[nH]1. The van der Waals surface area contributed by atoms with Crippen molar-refractivity contribution in [1.29, 1.82) is 0 Å². The smallest absolute Gasteiger partial charge is 0.149 e. The van der Waals surface area contributed by atoms with Crippen molar-refractivity contribution in [2.75, 3.05) is 5.88 Å². The predicted octanol–water partition coefficient (Wildman–Crippen LogP) is -0.0190. The van der Waals surface area contributed by atoms with Crippen LogP contribution in [0.15, 0.2) is 0 Å². The molecule has 0 saturated carbocycles. The molecule has 0 fully saturated rings. The van der Waals surface area contributed by atoms with Crippen molar-refractivity contribution >= 4 is 11.6 Å². The number of hydrogen-bond donors (Lipinski definition) is 1. The molecular formula is C3H5ClN4. The van der Waals surface area contributed by atoms with Gasteiger partial charge in [-0.25, -0.2) is 5.10 Å². The van der Waals surface area contributed by atoms with Crippen LogP contribution in [0.3, 0.4) is 0 Å². The molecule has 0 amide bonds. The minimum absolute atomic E-state index is 0.552. The molecular weight excluding hydrogens is 128 g/mol. The monoisotopic (exact) mass is 132 g/mol. The van der Waals surface area contributed by atoms with Gasteiger partial charge in [-0.05, 0) is 10.4 Å². The molecule has 0 aliphatic rings. The summed E-state index contributed by atoms with van der Waals surface area (Å²) in [5, 5.41) is 12.9. The lowest BCUT2D eigenvalue weighted by molar-refractivity contribution is 0.881. The maximum Gasteiger partial charge on any atom is 0.149 e. The molecule has 1 aromatic heterocycles. The summed E-state index contributed by atoms with van der Waals surface area (Å²) in [6, 6.07) is 0. The lowest BCUT2D eigenvalue weighted by Gasteiger charge is -1.80. The van der Waals surface area contributed by atoms with Crippen LogP contribution < -0.4 is 0 Å². The molecule has 4 nitrogen and oxygen atoms in total. The third-order valence-corrected chi connectivity index (χ3v) is 0.909. The maximum atomic E-state index is 5.38. The standard InChI is InChI=1S/C3H5ClN4/c4-2-1-3-5-7-8-6-3/h1-2H2,(H,5,6,7,8). The van der Waals surface area contributed by atoms with Crippen molar-refractivity contribution in [2.45, 2.75) is 6.42 Å². The lowest BCUT2D eigenvalue weighted by atomic mass is 10.5. The maximum absolute atomic E-state index is 5.38. The lowest BCUT2D eigenvalue weighted by Crippen LogP contribution is -1.87. The van der Waals surface area contributed by atoms with E-state index in [-0.39, 0.29) is 0 Å². The third-order valence-electron chi connectivity index (χ3n) is 0.721. The summed E-state index contributed by atoms with van der Waals surface area (Å²) in [6.45, 7) is 0. The van der Waals surface area contributed by atoms with Crippen LogP contribution in [0.5, 0.6) is 0 Å². The second-order valence-corrected chi connectivity index (χ2v) is 1.66. The van der Waals surface area contributed by atoms with Gasteiger partial charge in [0.25, 0.3) is 0 Å². The molecule has 0 radical (unpaired) electrons. The molecule has 0 aliphatic heterocycles. The zero-order chi connectivity index (χ0) is 5.82. The molecule has 5 heteroatoms. The van der Waals surface area contributed by atoms with E-state index in [2.05, 4.69) is 20.6 Å². The molecule has 1 aromatic rings. The van der Waals surface area contributed by atoms with Gasteiger partial charge in [0, 0.05) is 12.3 Å². The molecule has 0 aromatic carbocycles. The van der Waals surface area contributed by atoms with Gasteiger partial charge in [-0.2, -0.15) is 0 Å². The van der Waals surface area contributed by atoms with Gasteiger partial charge in [-0.1, -0.05) is 0 Å². The number of halogens is 1. The number of rotatable bonds is 2. The van der Waals surface area contributed by atoms with Gasteiger partial charge < -0.3 is 0 Å². The largest absolute Gasteiger partial charge is 0.243 e.